The molecule has 0 radical (unpaired) electrons. The van der Waals surface area contributed by atoms with Gasteiger partial charge in [0.05, 0.1) is 6.04 Å². The first-order chi connectivity index (χ1) is 6.87. The number of hydrogen-bond acceptors (Lipinski definition) is 3. The second-order valence-electron chi connectivity index (χ2n) is 2.98. The summed E-state index contributed by atoms with van der Waals surface area (Å²) in [5, 5.41) is 2.36. The van der Waals surface area contributed by atoms with E-state index in [0.717, 1.165) is 6.42 Å². The highest BCUT2D eigenvalue weighted by Gasteiger charge is 2.27. The van der Waals surface area contributed by atoms with Gasteiger partial charge in [-0.05, 0) is 18.2 Å². The molecule has 0 saturated carbocycles. The maximum absolute atomic E-state index is 11.7. The van der Waals surface area contributed by atoms with E-state index in [1.165, 1.54) is 0 Å². The second-order valence-corrected chi connectivity index (χ2v) is 4.14. The zero-order chi connectivity index (χ0) is 11.9. The molecule has 0 aliphatic heterocycles. The number of nitrogens with two attached hydrogens (primary N) is 1. The fourth-order valence-corrected chi connectivity index (χ4v) is 1.35. The molecule has 0 rings (SSSR count). The lowest BCUT2D eigenvalue weighted by atomic mass is 10.2. The third kappa shape index (κ3) is 8.56. The average Bonchev–Trinajstić information content (AvgIpc) is 2.11. The van der Waals surface area contributed by atoms with Crippen molar-refractivity contribution < 1.29 is 18.0 Å². The first-order valence-corrected chi connectivity index (χ1v) is 5.59. The molecule has 1 unspecified atom stereocenters. The van der Waals surface area contributed by atoms with Gasteiger partial charge in [0, 0.05) is 12.3 Å². The number of alkyl halides is 3. The number of thioether (sulfide) groups is 1. The molecular weight excluding hydrogens is 229 g/mol. The van der Waals surface area contributed by atoms with Gasteiger partial charge in [-0.25, -0.2) is 0 Å². The van der Waals surface area contributed by atoms with E-state index in [2.05, 4.69) is 5.32 Å². The van der Waals surface area contributed by atoms with Crippen molar-refractivity contribution in [1.29, 1.82) is 0 Å². The maximum atomic E-state index is 11.7. The number of amides is 1. The predicted octanol–water partition coefficient (Wildman–Crippen LogP) is 1.48. The van der Waals surface area contributed by atoms with Crippen LogP contribution in [0.4, 0.5) is 13.2 Å². The Labute approximate surface area is 91.0 Å². The topological polar surface area (TPSA) is 55.1 Å². The highest BCUT2D eigenvalue weighted by Crippen LogP contribution is 2.29. The molecule has 0 aromatic rings. The molecule has 0 fully saturated rings. The molecule has 7 heteroatoms. The number of nitrogens with one attached hydrogen (secondary N) is 1. The minimum atomic E-state index is -4.24. The molecule has 0 aromatic carbocycles. The van der Waals surface area contributed by atoms with Crippen molar-refractivity contribution in [3.63, 3.8) is 0 Å². The quantitative estimate of drug-likeness (QED) is 0.696. The van der Waals surface area contributed by atoms with Gasteiger partial charge in [-0.15, -0.1) is 0 Å². The Morgan fingerprint density at radius 1 is 1.53 bits per heavy atom. The summed E-state index contributed by atoms with van der Waals surface area (Å²) in [4.78, 5) is 11.1. The van der Waals surface area contributed by atoms with Crippen LogP contribution in [-0.2, 0) is 4.79 Å². The smallest absolute Gasteiger partial charge is 0.354 e. The van der Waals surface area contributed by atoms with Crippen LogP contribution in [0, 0.1) is 0 Å². The minimum absolute atomic E-state index is 0.0135. The van der Waals surface area contributed by atoms with Crippen LogP contribution in [-0.4, -0.2) is 29.8 Å². The normalized spacial score (nSPS) is 13.7. The third-order valence-corrected chi connectivity index (χ3v) is 2.34. The molecule has 1 amide bonds. The molecule has 15 heavy (non-hydrogen) atoms. The van der Waals surface area contributed by atoms with Gasteiger partial charge in [0.15, 0.2) is 0 Å². The molecule has 0 aromatic heterocycles. The molecule has 0 bridgehead atoms. The van der Waals surface area contributed by atoms with E-state index in [-0.39, 0.29) is 30.0 Å². The van der Waals surface area contributed by atoms with E-state index in [0.29, 0.717) is 6.42 Å². The molecule has 3 nitrogen and oxygen atoms in total. The number of rotatable bonds is 6. The summed E-state index contributed by atoms with van der Waals surface area (Å²) in [5.41, 5.74) is 1.21. The summed E-state index contributed by atoms with van der Waals surface area (Å²) in [6.45, 7) is 1.87. The van der Waals surface area contributed by atoms with Gasteiger partial charge >= 0.3 is 5.51 Å². The van der Waals surface area contributed by atoms with Crippen LogP contribution in [0.2, 0.25) is 0 Å². The van der Waals surface area contributed by atoms with E-state index in [9.17, 15) is 18.0 Å². The highest BCUT2D eigenvalue weighted by atomic mass is 32.2. The van der Waals surface area contributed by atoms with Crippen molar-refractivity contribution in [2.24, 2.45) is 5.73 Å². The molecule has 0 saturated heterocycles. The molecule has 0 aliphatic rings. The monoisotopic (exact) mass is 244 g/mol. The molecule has 0 aliphatic carbocycles. The summed E-state index contributed by atoms with van der Waals surface area (Å²) < 4.78 is 35.1. The van der Waals surface area contributed by atoms with Gasteiger partial charge in [-0.3, -0.25) is 4.79 Å². The Hall–Kier alpha value is -0.430. The maximum Gasteiger partial charge on any atom is 0.441 e. The standard InChI is InChI=1S/C8H15F3N2OS/c1-2-3-6(12)7(14)13-4-5-15-8(9,10)11/h6H,2-5,12H2,1H3,(H,13,14). The van der Waals surface area contributed by atoms with Gasteiger partial charge in [-0.2, -0.15) is 13.2 Å². The van der Waals surface area contributed by atoms with Crippen molar-refractivity contribution in [3.05, 3.63) is 0 Å². The SMILES string of the molecule is CCCC(N)C(=O)NCCSC(F)(F)F. The third-order valence-electron chi connectivity index (χ3n) is 1.60. The zero-order valence-corrected chi connectivity index (χ0v) is 9.25. The lowest BCUT2D eigenvalue weighted by molar-refractivity contribution is -0.122. The van der Waals surface area contributed by atoms with Crippen molar-refractivity contribution in [2.45, 2.75) is 31.3 Å². The van der Waals surface area contributed by atoms with Crippen LogP contribution in [0.5, 0.6) is 0 Å². The Morgan fingerprint density at radius 2 is 2.13 bits per heavy atom. The lowest BCUT2D eigenvalue weighted by Crippen LogP contribution is -2.41. The first-order valence-electron chi connectivity index (χ1n) is 4.60. The molecule has 0 heterocycles. The van der Waals surface area contributed by atoms with Crippen LogP contribution in [0.3, 0.4) is 0 Å². The summed E-state index contributed by atoms with van der Waals surface area (Å²) in [6, 6.07) is -0.620. The molecule has 3 N–H and O–H groups in total. The Balaban J connectivity index is 3.55. The van der Waals surface area contributed by atoms with E-state index in [1.807, 2.05) is 6.92 Å². The number of carbonyl (C=O) groups excluding carboxylic acids is 1. The molecule has 0 spiro atoms. The van der Waals surface area contributed by atoms with E-state index in [4.69, 9.17) is 5.73 Å². The summed E-state index contributed by atoms with van der Waals surface area (Å²) in [7, 11) is 0. The summed E-state index contributed by atoms with van der Waals surface area (Å²) >= 11 is -0.155. The number of hydrogen-bond donors (Lipinski definition) is 2. The molecule has 1 atom stereocenters. The molecule has 90 valence electrons. The van der Waals surface area contributed by atoms with Crippen LogP contribution in [0.15, 0.2) is 0 Å². The fraction of sp³-hybridized carbons (Fsp3) is 0.875. The minimum Gasteiger partial charge on any atom is -0.354 e. The van der Waals surface area contributed by atoms with E-state index in [1.54, 1.807) is 0 Å². The van der Waals surface area contributed by atoms with Crippen molar-refractivity contribution in [1.82, 2.24) is 5.32 Å². The number of halogens is 3. The average molecular weight is 244 g/mol. The highest BCUT2D eigenvalue weighted by molar-refractivity contribution is 8.00. The van der Waals surface area contributed by atoms with Gasteiger partial charge in [-0.1, -0.05) is 13.3 Å². The fourth-order valence-electron chi connectivity index (χ4n) is 0.914. The largest absolute Gasteiger partial charge is 0.441 e. The lowest BCUT2D eigenvalue weighted by Gasteiger charge is -2.11. The second kappa shape index (κ2) is 6.95. The zero-order valence-electron chi connectivity index (χ0n) is 8.43. The first kappa shape index (κ1) is 14.6. The van der Waals surface area contributed by atoms with Crippen LogP contribution in [0.1, 0.15) is 19.8 Å². The van der Waals surface area contributed by atoms with E-state index >= 15 is 0 Å². The van der Waals surface area contributed by atoms with Gasteiger partial charge in [0.1, 0.15) is 0 Å². The summed E-state index contributed by atoms with van der Waals surface area (Å²) in [5.74, 6) is -0.576. The Morgan fingerprint density at radius 3 is 2.60 bits per heavy atom. The van der Waals surface area contributed by atoms with Crippen LogP contribution < -0.4 is 11.1 Å². The predicted molar refractivity (Wildman–Crippen MR) is 54.4 cm³/mol. The van der Waals surface area contributed by atoms with Crippen LogP contribution >= 0.6 is 11.8 Å². The Bertz CT molecular complexity index is 199. The van der Waals surface area contributed by atoms with Crippen molar-refractivity contribution >= 4 is 17.7 Å². The molecular formula is C8H15F3N2OS. The van der Waals surface area contributed by atoms with Gasteiger partial charge < -0.3 is 11.1 Å². The Kier molecular flexibility index (Phi) is 6.75. The van der Waals surface area contributed by atoms with Gasteiger partial charge in [0.25, 0.3) is 0 Å². The number of carbonyl (C=O) groups is 1. The van der Waals surface area contributed by atoms with Crippen molar-refractivity contribution in [3.8, 4) is 0 Å². The van der Waals surface area contributed by atoms with Crippen molar-refractivity contribution in [2.75, 3.05) is 12.3 Å². The van der Waals surface area contributed by atoms with E-state index < -0.39 is 11.6 Å². The summed E-state index contributed by atoms with van der Waals surface area (Å²) in [6.07, 6.45) is 1.31. The van der Waals surface area contributed by atoms with Crippen LogP contribution in [0.25, 0.3) is 0 Å². The van der Waals surface area contributed by atoms with Gasteiger partial charge in [0.2, 0.25) is 5.91 Å².